The van der Waals surface area contributed by atoms with Crippen LogP contribution in [-0.2, 0) is 5.75 Å². The Morgan fingerprint density at radius 1 is 0.973 bits per heavy atom. The van der Waals surface area contributed by atoms with Gasteiger partial charge in [0.1, 0.15) is 40.9 Å². The summed E-state index contributed by atoms with van der Waals surface area (Å²) in [6.45, 7) is 0.0585. The largest absolute Gasteiger partial charge is 0.491 e. The molecule has 2 aromatic carbocycles. The zero-order valence-electron chi connectivity index (χ0n) is 19.3. The third kappa shape index (κ3) is 5.97. The minimum absolute atomic E-state index is 0.0426. The van der Waals surface area contributed by atoms with E-state index in [4.69, 9.17) is 20.8 Å². The first-order chi connectivity index (χ1) is 18.1. The summed E-state index contributed by atoms with van der Waals surface area (Å²) in [5.74, 6) is 1.04. The first-order valence-electron chi connectivity index (χ1n) is 10.9. The number of aliphatic hydroxyl groups excluding tert-OH is 1. The molecule has 4 rings (SSSR count). The minimum atomic E-state index is -0.105. The molecule has 2 heterocycles. The number of rotatable bonds is 9. The van der Waals surface area contributed by atoms with Crippen LogP contribution in [0.25, 0.3) is 11.1 Å². The average molecular weight is 526 g/mol. The Morgan fingerprint density at radius 2 is 1.70 bits per heavy atom. The number of pyridine rings is 1. The lowest BCUT2D eigenvalue weighted by atomic mass is 9.97. The molecule has 0 saturated carbocycles. The molecule has 37 heavy (non-hydrogen) atoms. The Bertz CT molecular complexity index is 1530. The topological polar surface area (TPSA) is 165 Å². The molecule has 4 aromatic rings. The third-order valence-electron chi connectivity index (χ3n) is 5.09. The second kappa shape index (κ2) is 11.9. The summed E-state index contributed by atoms with van der Waals surface area (Å²) in [6, 6.07) is 20.3. The van der Waals surface area contributed by atoms with E-state index in [9.17, 15) is 10.5 Å². The van der Waals surface area contributed by atoms with Gasteiger partial charge in [0.05, 0.1) is 29.5 Å². The van der Waals surface area contributed by atoms with Gasteiger partial charge in [-0.15, -0.1) is 11.3 Å². The summed E-state index contributed by atoms with van der Waals surface area (Å²) in [5.41, 5.74) is 9.72. The third-order valence-corrected chi connectivity index (χ3v) is 6.91. The number of nitriles is 3. The maximum absolute atomic E-state index is 10.00. The summed E-state index contributed by atoms with van der Waals surface area (Å²) < 4.78 is 5.40. The molecular formula is C26H19N7O2S2. The first kappa shape index (κ1) is 25.5. The zero-order chi connectivity index (χ0) is 26.2. The average Bonchev–Trinajstić information content (AvgIpc) is 3.38. The molecule has 182 valence electrons. The van der Waals surface area contributed by atoms with Gasteiger partial charge in [0, 0.05) is 22.4 Å². The highest BCUT2D eigenvalue weighted by Gasteiger charge is 2.21. The number of ether oxygens (including phenoxy) is 1. The van der Waals surface area contributed by atoms with E-state index in [1.165, 1.54) is 23.1 Å². The number of nitrogens with zero attached hydrogens (tertiary/aromatic N) is 5. The van der Waals surface area contributed by atoms with Gasteiger partial charge in [-0.3, -0.25) is 0 Å². The van der Waals surface area contributed by atoms with Crippen molar-refractivity contribution in [2.75, 3.05) is 24.3 Å². The number of hydrogen-bond donors (Lipinski definition) is 3. The van der Waals surface area contributed by atoms with Crippen LogP contribution in [0.2, 0.25) is 0 Å². The van der Waals surface area contributed by atoms with Crippen LogP contribution in [0.15, 0.2) is 58.9 Å². The van der Waals surface area contributed by atoms with Crippen LogP contribution in [0.1, 0.15) is 22.4 Å². The lowest BCUT2D eigenvalue weighted by molar-refractivity contribution is 0.201. The van der Waals surface area contributed by atoms with E-state index in [0.29, 0.717) is 38.4 Å². The van der Waals surface area contributed by atoms with Crippen molar-refractivity contribution in [1.82, 2.24) is 9.97 Å². The molecule has 0 aliphatic heterocycles. The Kier molecular flexibility index (Phi) is 8.19. The van der Waals surface area contributed by atoms with Gasteiger partial charge in [-0.25, -0.2) is 9.97 Å². The second-order valence-corrected chi connectivity index (χ2v) is 9.32. The Morgan fingerprint density at radius 3 is 2.35 bits per heavy atom. The molecule has 0 atom stereocenters. The molecule has 0 fully saturated rings. The van der Waals surface area contributed by atoms with Crippen LogP contribution in [0.5, 0.6) is 5.75 Å². The van der Waals surface area contributed by atoms with E-state index in [1.807, 2.05) is 17.5 Å². The monoisotopic (exact) mass is 525 g/mol. The minimum Gasteiger partial charge on any atom is -0.491 e. The molecule has 0 bridgehead atoms. The molecule has 0 radical (unpaired) electrons. The lowest BCUT2D eigenvalue weighted by Crippen LogP contribution is -2.04. The van der Waals surface area contributed by atoms with E-state index in [2.05, 4.69) is 33.5 Å². The van der Waals surface area contributed by atoms with Gasteiger partial charge >= 0.3 is 0 Å². The van der Waals surface area contributed by atoms with Crippen molar-refractivity contribution in [1.29, 1.82) is 15.8 Å². The van der Waals surface area contributed by atoms with Crippen molar-refractivity contribution in [3.05, 3.63) is 76.3 Å². The second-order valence-electron chi connectivity index (χ2n) is 7.49. The van der Waals surface area contributed by atoms with E-state index in [1.54, 1.807) is 36.4 Å². The van der Waals surface area contributed by atoms with Crippen molar-refractivity contribution in [2.24, 2.45) is 0 Å². The SMILES string of the molecule is N#Cc1ccc(Nc2nc(CSc3nc(N)c(C#N)c(-c4ccc(OCCO)cc4)c3C#N)cs2)cc1. The van der Waals surface area contributed by atoms with Crippen molar-refractivity contribution in [2.45, 2.75) is 10.8 Å². The van der Waals surface area contributed by atoms with Gasteiger partial charge in [-0.1, -0.05) is 23.9 Å². The molecule has 0 spiro atoms. The smallest absolute Gasteiger partial charge is 0.187 e. The Balaban J connectivity index is 1.56. The van der Waals surface area contributed by atoms with Crippen molar-refractivity contribution in [3.8, 4) is 35.1 Å². The molecule has 0 amide bonds. The predicted molar refractivity (Wildman–Crippen MR) is 142 cm³/mol. The van der Waals surface area contributed by atoms with Crippen molar-refractivity contribution < 1.29 is 9.84 Å². The number of hydrogen-bond acceptors (Lipinski definition) is 11. The van der Waals surface area contributed by atoms with Gasteiger partial charge in [-0.2, -0.15) is 15.8 Å². The van der Waals surface area contributed by atoms with Crippen molar-refractivity contribution in [3.63, 3.8) is 0 Å². The van der Waals surface area contributed by atoms with Gasteiger partial charge in [-0.05, 0) is 42.0 Å². The first-order valence-corrected chi connectivity index (χ1v) is 12.7. The van der Waals surface area contributed by atoms with Crippen LogP contribution in [0.3, 0.4) is 0 Å². The highest BCUT2D eigenvalue weighted by atomic mass is 32.2. The summed E-state index contributed by atoms with van der Waals surface area (Å²) >= 11 is 2.74. The van der Waals surface area contributed by atoms with Gasteiger partial charge in [0.25, 0.3) is 0 Å². The fraction of sp³-hybridized carbons (Fsp3) is 0.115. The fourth-order valence-corrected chi connectivity index (χ4v) is 5.12. The van der Waals surface area contributed by atoms with E-state index >= 15 is 0 Å². The van der Waals surface area contributed by atoms with Gasteiger partial charge in [0.2, 0.25) is 0 Å². The molecule has 0 saturated heterocycles. The highest BCUT2D eigenvalue weighted by molar-refractivity contribution is 7.98. The number of thiazole rings is 1. The number of thioether (sulfide) groups is 1. The molecule has 0 aliphatic carbocycles. The van der Waals surface area contributed by atoms with E-state index in [0.717, 1.165) is 11.4 Å². The number of nitrogens with one attached hydrogen (secondary N) is 1. The Hall–Kier alpha value is -4.60. The molecule has 4 N–H and O–H groups in total. The number of nitrogen functional groups attached to an aromatic ring is 1. The van der Waals surface area contributed by atoms with Crippen LogP contribution in [0, 0.1) is 34.0 Å². The maximum Gasteiger partial charge on any atom is 0.187 e. The van der Waals surface area contributed by atoms with Crippen molar-refractivity contribution >= 4 is 39.7 Å². The van der Waals surface area contributed by atoms with E-state index in [-0.39, 0.29) is 30.2 Å². The molecule has 0 aliphatic rings. The number of nitrogens with two attached hydrogens (primary N) is 1. The molecular weight excluding hydrogens is 506 g/mol. The lowest BCUT2D eigenvalue weighted by Gasteiger charge is -2.13. The molecule has 9 nitrogen and oxygen atoms in total. The molecule has 0 unspecified atom stereocenters. The van der Waals surface area contributed by atoms with E-state index < -0.39 is 0 Å². The number of aliphatic hydroxyl groups is 1. The maximum atomic E-state index is 10.00. The zero-order valence-corrected chi connectivity index (χ0v) is 20.9. The number of benzene rings is 2. The van der Waals surface area contributed by atoms with Crippen LogP contribution < -0.4 is 15.8 Å². The molecule has 2 aromatic heterocycles. The number of aromatic nitrogens is 2. The van der Waals surface area contributed by atoms with Gasteiger partial charge < -0.3 is 20.9 Å². The summed E-state index contributed by atoms with van der Waals surface area (Å²) in [7, 11) is 0. The fourth-order valence-electron chi connectivity index (χ4n) is 3.40. The summed E-state index contributed by atoms with van der Waals surface area (Å²) in [5, 5.41) is 43.8. The quantitative estimate of drug-likeness (QED) is 0.258. The van der Waals surface area contributed by atoms with Crippen LogP contribution >= 0.6 is 23.1 Å². The Labute approximate surface area is 221 Å². The molecule has 11 heteroatoms. The summed E-state index contributed by atoms with van der Waals surface area (Å²) in [6.07, 6.45) is 0. The van der Waals surface area contributed by atoms with Crippen LogP contribution in [-0.4, -0.2) is 28.3 Å². The van der Waals surface area contributed by atoms with Gasteiger partial charge in [0.15, 0.2) is 5.13 Å². The standard InChI is InChI=1S/C26H19N7O2S2/c27-11-16-1-5-18(6-2-16)31-26-32-19(15-37-26)14-36-25-22(13-29)23(21(12-28)24(30)33-25)17-3-7-20(8-4-17)35-10-9-34/h1-8,15,34H,9-10,14H2,(H2,30,33)(H,31,32). The summed E-state index contributed by atoms with van der Waals surface area (Å²) in [4.78, 5) is 8.93. The predicted octanol–water partition coefficient (Wildman–Crippen LogP) is 4.81. The normalized spacial score (nSPS) is 10.2. The number of anilines is 3. The van der Waals surface area contributed by atoms with Crippen LogP contribution in [0.4, 0.5) is 16.6 Å². The highest BCUT2D eigenvalue weighted by Crippen LogP contribution is 2.37.